The van der Waals surface area contributed by atoms with Crippen molar-refractivity contribution in [2.24, 2.45) is 5.92 Å². The Labute approximate surface area is 175 Å². The van der Waals surface area contributed by atoms with Gasteiger partial charge in [-0.25, -0.2) is 4.90 Å². The summed E-state index contributed by atoms with van der Waals surface area (Å²) in [5.74, 6) is -0.895. The number of rotatable bonds is 2. The summed E-state index contributed by atoms with van der Waals surface area (Å²) in [6.07, 6.45) is 0. The van der Waals surface area contributed by atoms with E-state index in [1.165, 1.54) is 28.0 Å². The molecule has 4 nitrogen and oxygen atoms in total. The molecular weight excluding hydrogens is 408 g/mol. The summed E-state index contributed by atoms with van der Waals surface area (Å²) in [7, 11) is 0. The molecule has 1 aromatic heterocycles. The molecule has 1 saturated heterocycles. The molecule has 0 radical (unpaired) electrons. The van der Waals surface area contributed by atoms with E-state index in [0.29, 0.717) is 9.64 Å². The highest BCUT2D eigenvalue weighted by atomic mass is 32.2. The van der Waals surface area contributed by atoms with Crippen LogP contribution in [-0.2, 0) is 9.59 Å². The van der Waals surface area contributed by atoms with Gasteiger partial charge in [-0.2, -0.15) is 0 Å². The zero-order valence-electron chi connectivity index (χ0n) is 14.9. The second-order valence-corrected chi connectivity index (χ2v) is 9.88. The number of hydrogen-bond acceptors (Lipinski definition) is 5. The Morgan fingerprint density at radius 1 is 1.00 bits per heavy atom. The summed E-state index contributed by atoms with van der Waals surface area (Å²) in [6.45, 7) is 1.98. The number of carbonyl (C=O) groups is 2. The van der Waals surface area contributed by atoms with Crippen molar-refractivity contribution in [3.8, 4) is 0 Å². The highest BCUT2D eigenvalue weighted by molar-refractivity contribution is 8.01. The average molecular weight is 425 g/mol. The number of aromatic nitrogens is 1. The fourth-order valence-corrected chi connectivity index (χ4v) is 6.95. The summed E-state index contributed by atoms with van der Waals surface area (Å²) in [5.41, 5.74) is 2.77. The summed E-state index contributed by atoms with van der Waals surface area (Å²) >= 11 is 8.29. The fourth-order valence-electron chi connectivity index (χ4n) is 3.98. The number of amides is 2. The van der Waals surface area contributed by atoms with E-state index in [9.17, 15) is 9.59 Å². The van der Waals surface area contributed by atoms with Crippen LogP contribution in [0.1, 0.15) is 21.9 Å². The molecule has 3 unspecified atom stereocenters. The predicted octanol–water partition coefficient (Wildman–Crippen LogP) is 4.91. The quantitative estimate of drug-likeness (QED) is 0.469. The summed E-state index contributed by atoms with van der Waals surface area (Å²) in [4.78, 5) is 32.4. The Kier molecular flexibility index (Phi) is 4.26. The lowest BCUT2D eigenvalue weighted by Crippen LogP contribution is -2.32. The molecule has 3 atom stereocenters. The van der Waals surface area contributed by atoms with Gasteiger partial charge in [0.1, 0.15) is 5.25 Å². The lowest BCUT2D eigenvalue weighted by atomic mass is 9.83. The van der Waals surface area contributed by atoms with E-state index in [1.54, 1.807) is 0 Å². The minimum absolute atomic E-state index is 0.134. The molecule has 7 heteroatoms. The van der Waals surface area contributed by atoms with Gasteiger partial charge in [-0.05, 0) is 36.8 Å². The normalized spacial score (nSPS) is 23.6. The van der Waals surface area contributed by atoms with Gasteiger partial charge in [-0.15, -0.1) is 11.3 Å². The van der Waals surface area contributed by atoms with Crippen molar-refractivity contribution in [3.63, 3.8) is 0 Å². The van der Waals surface area contributed by atoms with Gasteiger partial charge in [0, 0.05) is 10.8 Å². The van der Waals surface area contributed by atoms with Crippen molar-refractivity contribution >= 4 is 52.8 Å². The van der Waals surface area contributed by atoms with Crippen molar-refractivity contribution in [1.82, 2.24) is 4.98 Å². The maximum Gasteiger partial charge on any atom is 0.248 e. The van der Waals surface area contributed by atoms with Crippen molar-refractivity contribution in [1.29, 1.82) is 0 Å². The number of carbonyl (C=O) groups excluding carboxylic acids is 2. The number of aryl methyl sites for hydroxylation is 1. The summed E-state index contributed by atoms with van der Waals surface area (Å²) < 4.78 is 0.675. The van der Waals surface area contributed by atoms with Gasteiger partial charge in [0.15, 0.2) is 3.95 Å². The van der Waals surface area contributed by atoms with E-state index in [1.807, 2.05) is 61.5 Å². The molecule has 2 aliphatic rings. The molecule has 2 aliphatic heterocycles. The number of aromatic amines is 1. The van der Waals surface area contributed by atoms with Crippen molar-refractivity contribution in [2.75, 3.05) is 4.90 Å². The second kappa shape index (κ2) is 6.69. The highest BCUT2D eigenvalue weighted by Gasteiger charge is 2.56. The molecule has 0 saturated carbocycles. The van der Waals surface area contributed by atoms with Gasteiger partial charge in [0.05, 0.1) is 16.6 Å². The third kappa shape index (κ3) is 2.69. The number of benzene rings is 2. The van der Waals surface area contributed by atoms with Crippen LogP contribution in [0.15, 0.2) is 59.6 Å². The topological polar surface area (TPSA) is 53.2 Å². The molecule has 0 spiro atoms. The first-order valence-electron chi connectivity index (χ1n) is 8.93. The zero-order valence-corrected chi connectivity index (χ0v) is 17.4. The van der Waals surface area contributed by atoms with Crippen LogP contribution in [0.5, 0.6) is 0 Å². The van der Waals surface area contributed by atoms with E-state index in [-0.39, 0.29) is 17.7 Å². The molecule has 0 aliphatic carbocycles. The van der Waals surface area contributed by atoms with E-state index in [2.05, 4.69) is 4.98 Å². The third-order valence-corrected chi connectivity index (χ3v) is 8.03. The van der Waals surface area contributed by atoms with Gasteiger partial charge >= 0.3 is 0 Å². The van der Waals surface area contributed by atoms with Crippen LogP contribution in [0, 0.1) is 16.8 Å². The van der Waals surface area contributed by atoms with Crippen molar-refractivity contribution in [2.45, 2.75) is 23.1 Å². The zero-order chi connectivity index (χ0) is 19.4. The first-order valence-corrected chi connectivity index (χ1v) is 11.0. The first kappa shape index (κ1) is 17.8. The minimum atomic E-state index is -0.452. The van der Waals surface area contributed by atoms with Gasteiger partial charge in [-0.3, -0.25) is 9.59 Å². The molecule has 28 heavy (non-hydrogen) atoms. The molecule has 3 aromatic rings. The van der Waals surface area contributed by atoms with Crippen LogP contribution >= 0.6 is 35.3 Å². The van der Waals surface area contributed by atoms with Crippen LogP contribution in [0.25, 0.3) is 0 Å². The number of anilines is 1. The first-order chi connectivity index (χ1) is 13.5. The lowest BCUT2D eigenvalue weighted by molar-refractivity contribution is -0.122. The molecule has 2 amide bonds. The van der Waals surface area contributed by atoms with Crippen LogP contribution in [0.2, 0.25) is 0 Å². The minimum Gasteiger partial charge on any atom is -0.332 e. The summed E-state index contributed by atoms with van der Waals surface area (Å²) in [6, 6.07) is 17.5. The smallest absolute Gasteiger partial charge is 0.248 e. The Balaban J connectivity index is 1.65. The molecule has 140 valence electrons. The Hall–Kier alpha value is -2.22. The van der Waals surface area contributed by atoms with Crippen molar-refractivity contribution < 1.29 is 9.59 Å². The number of thioether (sulfide) groups is 1. The predicted molar refractivity (Wildman–Crippen MR) is 115 cm³/mol. The number of imide groups is 1. The highest BCUT2D eigenvalue weighted by Crippen LogP contribution is 2.53. The van der Waals surface area contributed by atoms with E-state index in [0.717, 1.165) is 21.0 Å². The van der Waals surface area contributed by atoms with Gasteiger partial charge in [0.2, 0.25) is 11.8 Å². The number of thiazole rings is 1. The Morgan fingerprint density at radius 3 is 2.43 bits per heavy atom. The van der Waals surface area contributed by atoms with E-state index >= 15 is 0 Å². The molecule has 3 heterocycles. The number of nitrogens with zero attached hydrogens (tertiary/aromatic N) is 1. The molecule has 1 fully saturated rings. The second-order valence-electron chi connectivity index (χ2n) is 7.01. The van der Waals surface area contributed by atoms with Crippen molar-refractivity contribution in [3.05, 3.63) is 74.6 Å². The molecule has 2 aromatic carbocycles. The van der Waals surface area contributed by atoms with Gasteiger partial charge < -0.3 is 4.98 Å². The standard InChI is InChI=1S/C21H16N2O2S3/c1-11-7-9-13(10-8-11)23-19(24)15-14(12-5-3-2-4-6-12)16-18(22-21(26)28-16)27-17(15)20(23)25/h2-10,14-15,17H,1H3,(H,22,26). The monoisotopic (exact) mass is 424 g/mol. The molecule has 1 N–H and O–H groups in total. The van der Waals surface area contributed by atoms with Crippen LogP contribution < -0.4 is 4.90 Å². The fraction of sp³-hybridized carbons (Fsp3) is 0.190. The van der Waals surface area contributed by atoms with Crippen LogP contribution in [-0.4, -0.2) is 22.0 Å². The van der Waals surface area contributed by atoms with Gasteiger partial charge in [-0.1, -0.05) is 59.8 Å². The molecular formula is C21H16N2O2S3. The largest absolute Gasteiger partial charge is 0.332 e. The average Bonchev–Trinajstić information content (AvgIpc) is 3.18. The maximum atomic E-state index is 13.5. The lowest BCUT2D eigenvalue weighted by Gasteiger charge is -2.29. The number of fused-ring (bicyclic) bond motifs is 2. The Morgan fingerprint density at radius 2 is 1.71 bits per heavy atom. The molecule has 5 rings (SSSR count). The van der Waals surface area contributed by atoms with Crippen LogP contribution in [0.3, 0.4) is 0 Å². The Bertz CT molecular complexity index is 1130. The maximum absolute atomic E-state index is 13.5. The number of H-pyrrole nitrogens is 1. The molecule has 0 bridgehead atoms. The van der Waals surface area contributed by atoms with E-state index < -0.39 is 11.2 Å². The van der Waals surface area contributed by atoms with Gasteiger partial charge in [0.25, 0.3) is 0 Å². The van der Waals surface area contributed by atoms with E-state index in [4.69, 9.17) is 12.2 Å². The van der Waals surface area contributed by atoms with Crippen LogP contribution in [0.4, 0.5) is 5.69 Å². The number of nitrogens with one attached hydrogen (secondary N) is 1. The SMILES string of the molecule is Cc1ccc(N2C(=O)C3Sc4[nH]c(=S)sc4C(c4ccccc4)C3C2=O)cc1. The summed E-state index contributed by atoms with van der Waals surface area (Å²) in [5, 5.41) is 0.462. The number of hydrogen-bond donors (Lipinski definition) is 1. The third-order valence-electron chi connectivity index (χ3n) is 5.27.